The fourth-order valence-corrected chi connectivity index (χ4v) is 5.80. The molecule has 5 nitrogen and oxygen atoms in total. The van der Waals surface area contributed by atoms with Gasteiger partial charge in [-0.25, -0.2) is 0 Å². The number of nitrogens with one attached hydrogen (secondary N) is 1. The van der Waals surface area contributed by atoms with Crippen molar-refractivity contribution in [1.82, 2.24) is 10.2 Å². The highest BCUT2D eigenvalue weighted by Gasteiger charge is 2.56. The lowest BCUT2D eigenvalue weighted by molar-refractivity contribution is -0.145. The van der Waals surface area contributed by atoms with Gasteiger partial charge in [0.05, 0.1) is 5.41 Å². The number of rotatable bonds is 7. The number of halogens is 4. The summed E-state index contributed by atoms with van der Waals surface area (Å²) in [5, 5.41) is 5.22. The molecular formula is C24H25Cl4N3O2. The first kappa shape index (κ1) is 24.6. The highest BCUT2D eigenvalue weighted by molar-refractivity contribution is 6.35. The summed E-state index contributed by atoms with van der Waals surface area (Å²) in [6.07, 6.45) is 2.98. The Bertz CT molecular complexity index is 1070. The second-order valence-electron chi connectivity index (χ2n) is 8.76. The molecule has 0 unspecified atom stereocenters. The van der Waals surface area contributed by atoms with Crippen molar-refractivity contribution >= 4 is 58.2 Å². The van der Waals surface area contributed by atoms with Crippen molar-refractivity contribution in [3.05, 3.63) is 67.6 Å². The first-order valence-electron chi connectivity index (χ1n) is 11.0. The van der Waals surface area contributed by atoms with Gasteiger partial charge in [0.1, 0.15) is 6.04 Å². The Kier molecular flexibility index (Phi) is 7.47. The summed E-state index contributed by atoms with van der Waals surface area (Å²) in [6, 6.07) is 9.36. The second-order valence-corrected chi connectivity index (χ2v) is 10.4. The zero-order chi connectivity index (χ0) is 23.8. The lowest BCUT2D eigenvalue weighted by atomic mass is 9.90. The Labute approximate surface area is 213 Å². The van der Waals surface area contributed by atoms with Crippen molar-refractivity contribution in [2.24, 2.45) is 5.73 Å². The van der Waals surface area contributed by atoms with Gasteiger partial charge in [-0.2, -0.15) is 0 Å². The van der Waals surface area contributed by atoms with Crippen LogP contribution < -0.4 is 11.1 Å². The number of hydrogen-bond acceptors (Lipinski definition) is 3. The number of carbonyl (C=O) groups is 2. The molecule has 1 saturated carbocycles. The summed E-state index contributed by atoms with van der Waals surface area (Å²) in [5.74, 6) is -0.682. The molecule has 0 radical (unpaired) electrons. The van der Waals surface area contributed by atoms with E-state index >= 15 is 0 Å². The van der Waals surface area contributed by atoms with Crippen LogP contribution in [0.4, 0.5) is 0 Å². The molecule has 1 aliphatic carbocycles. The van der Waals surface area contributed by atoms with E-state index in [1.54, 1.807) is 35.2 Å². The van der Waals surface area contributed by atoms with Crippen LogP contribution in [0.3, 0.4) is 0 Å². The number of nitrogens with two attached hydrogens (primary N) is 1. The lowest BCUT2D eigenvalue weighted by Gasteiger charge is -2.41. The number of piperidine rings is 1. The summed E-state index contributed by atoms with van der Waals surface area (Å²) < 4.78 is 0. The van der Waals surface area contributed by atoms with Crippen LogP contribution in [0.1, 0.15) is 36.8 Å². The minimum atomic E-state index is -0.845. The van der Waals surface area contributed by atoms with Gasteiger partial charge in [-0.05, 0) is 74.2 Å². The van der Waals surface area contributed by atoms with Gasteiger partial charge in [0, 0.05) is 32.6 Å². The predicted molar refractivity (Wildman–Crippen MR) is 133 cm³/mol. The Morgan fingerprint density at radius 1 is 1.00 bits per heavy atom. The summed E-state index contributed by atoms with van der Waals surface area (Å²) in [7, 11) is 0. The van der Waals surface area contributed by atoms with Crippen LogP contribution in [-0.2, 0) is 21.4 Å². The van der Waals surface area contributed by atoms with Gasteiger partial charge in [0.15, 0.2) is 0 Å². The summed E-state index contributed by atoms with van der Waals surface area (Å²) in [6.45, 7) is 1.52. The summed E-state index contributed by atoms with van der Waals surface area (Å²) in [4.78, 5) is 28.7. The molecule has 0 aromatic heterocycles. The van der Waals surface area contributed by atoms with Crippen LogP contribution in [0, 0.1) is 0 Å². The third-order valence-electron chi connectivity index (χ3n) is 6.64. The Hall–Kier alpha value is -1.50. The fraction of sp³-hybridized carbons (Fsp3) is 0.417. The molecule has 0 bridgehead atoms. The van der Waals surface area contributed by atoms with E-state index in [1.807, 2.05) is 6.07 Å². The normalized spacial score (nSPS) is 18.5. The van der Waals surface area contributed by atoms with E-state index in [4.69, 9.17) is 52.1 Å². The smallest absolute Gasteiger partial charge is 0.240 e. The maximum absolute atomic E-state index is 14.2. The molecule has 3 N–H and O–H groups in total. The number of nitrogens with zero attached hydrogens (tertiary/aromatic N) is 1. The maximum atomic E-state index is 14.2. The van der Waals surface area contributed by atoms with Crippen molar-refractivity contribution in [1.29, 1.82) is 0 Å². The third-order valence-corrected chi connectivity index (χ3v) is 7.77. The predicted octanol–water partition coefficient (Wildman–Crippen LogP) is 5.01. The molecule has 1 saturated heterocycles. The van der Waals surface area contributed by atoms with Crippen LogP contribution >= 0.6 is 46.4 Å². The molecule has 1 heterocycles. The fourth-order valence-electron chi connectivity index (χ4n) is 4.73. The molecule has 33 heavy (non-hydrogen) atoms. The highest BCUT2D eigenvalue weighted by Crippen LogP contribution is 2.53. The molecular weight excluding hydrogens is 504 g/mol. The minimum Gasteiger partial charge on any atom is -0.368 e. The SMILES string of the molecule is NC(=O)[C@H](Cc1ccc(Cl)cc1Cl)N(C(=O)C1(c2ccc(Cl)cc2Cl)CC1)C1CCNCC1. The molecule has 2 fully saturated rings. The van der Waals surface area contributed by atoms with E-state index < -0.39 is 17.4 Å². The lowest BCUT2D eigenvalue weighted by Crippen LogP contribution is -2.58. The molecule has 0 spiro atoms. The average molecular weight is 529 g/mol. The molecule has 2 aliphatic rings. The molecule has 2 aromatic rings. The second kappa shape index (κ2) is 10.0. The number of benzene rings is 2. The Balaban J connectivity index is 1.73. The van der Waals surface area contributed by atoms with Gasteiger partial charge < -0.3 is 16.0 Å². The van der Waals surface area contributed by atoms with Crippen molar-refractivity contribution in [3.8, 4) is 0 Å². The van der Waals surface area contributed by atoms with Gasteiger partial charge in [-0.3, -0.25) is 9.59 Å². The molecule has 9 heteroatoms. The zero-order valence-electron chi connectivity index (χ0n) is 17.9. The van der Waals surface area contributed by atoms with E-state index in [1.165, 1.54) is 0 Å². The molecule has 4 rings (SSSR count). The van der Waals surface area contributed by atoms with Crippen LogP contribution in [0.5, 0.6) is 0 Å². The molecule has 176 valence electrons. The summed E-state index contributed by atoms with van der Waals surface area (Å²) in [5.41, 5.74) is 6.58. The van der Waals surface area contributed by atoms with Crippen molar-refractivity contribution in [2.75, 3.05) is 13.1 Å². The molecule has 2 amide bonds. The monoisotopic (exact) mass is 527 g/mol. The van der Waals surface area contributed by atoms with Crippen LogP contribution in [0.15, 0.2) is 36.4 Å². The van der Waals surface area contributed by atoms with Crippen LogP contribution in [0.25, 0.3) is 0 Å². The van der Waals surface area contributed by atoms with E-state index in [0.717, 1.165) is 31.5 Å². The minimum absolute atomic E-state index is 0.118. The van der Waals surface area contributed by atoms with E-state index in [-0.39, 0.29) is 18.4 Å². The Morgan fingerprint density at radius 3 is 2.15 bits per heavy atom. The van der Waals surface area contributed by atoms with Gasteiger partial charge in [-0.15, -0.1) is 0 Å². The standard InChI is InChI=1S/C24H25Cl4N3O2/c25-15-2-1-14(19(27)12-15)11-21(22(29)32)31(17-5-9-30-10-6-17)23(33)24(7-8-24)18-4-3-16(26)13-20(18)28/h1-4,12-13,17,21,30H,5-11H2,(H2,29,32)/t21-/m0/s1. The van der Waals surface area contributed by atoms with Crippen molar-refractivity contribution < 1.29 is 9.59 Å². The first-order valence-corrected chi connectivity index (χ1v) is 12.5. The molecule has 1 aliphatic heterocycles. The van der Waals surface area contributed by atoms with Gasteiger partial charge in [0.2, 0.25) is 11.8 Å². The zero-order valence-corrected chi connectivity index (χ0v) is 20.9. The van der Waals surface area contributed by atoms with Crippen LogP contribution in [-0.4, -0.2) is 41.9 Å². The number of hydrogen-bond donors (Lipinski definition) is 2. The topological polar surface area (TPSA) is 75.4 Å². The van der Waals surface area contributed by atoms with Crippen molar-refractivity contribution in [3.63, 3.8) is 0 Å². The van der Waals surface area contributed by atoms with Gasteiger partial charge in [0.25, 0.3) is 0 Å². The number of carbonyl (C=O) groups excluding carboxylic acids is 2. The highest BCUT2D eigenvalue weighted by atomic mass is 35.5. The van der Waals surface area contributed by atoms with Gasteiger partial charge >= 0.3 is 0 Å². The Morgan fingerprint density at radius 2 is 1.61 bits per heavy atom. The third kappa shape index (κ3) is 5.13. The van der Waals surface area contributed by atoms with Crippen LogP contribution in [0.2, 0.25) is 20.1 Å². The van der Waals surface area contributed by atoms with E-state index in [2.05, 4.69) is 5.32 Å². The average Bonchev–Trinajstić information content (AvgIpc) is 3.57. The summed E-state index contributed by atoms with van der Waals surface area (Å²) >= 11 is 25.0. The molecule has 2 aromatic carbocycles. The quantitative estimate of drug-likeness (QED) is 0.530. The maximum Gasteiger partial charge on any atom is 0.240 e. The largest absolute Gasteiger partial charge is 0.368 e. The van der Waals surface area contributed by atoms with Crippen molar-refractivity contribution in [2.45, 2.75) is 49.6 Å². The first-order chi connectivity index (χ1) is 15.7. The number of primary amides is 1. The van der Waals surface area contributed by atoms with Gasteiger partial charge in [-0.1, -0.05) is 58.5 Å². The number of amides is 2. The van der Waals surface area contributed by atoms with E-state index in [9.17, 15) is 9.59 Å². The molecule has 1 atom stereocenters. The van der Waals surface area contributed by atoms with E-state index in [0.29, 0.717) is 38.5 Å².